The first-order chi connectivity index (χ1) is 9.19. The normalized spacial score (nSPS) is 21.8. The van der Waals surface area contributed by atoms with Gasteiger partial charge in [-0.05, 0) is 27.7 Å². The van der Waals surface area contributed by atoms with E-state index in [-0.39, 0.29) is 0 Å². The number of hydrogen-bond donors (Lipinski definition) is 0. The fourth-order valence-electron chi connectivity index (χ4n) is 2.02. The van der Waals surface area contributed by atoms with Crippen molar-refractivity contribution in [2.75, 3.05) is 13.4 Å². The molecule has 0 amide bonds. The molecule has 1 saturated heterocycles. The zero-order valence-corrected chi connectivity index (χ0v) is 13.5. The van der Waals surface area contributed by atoms with Gasteiger partial charge in [0.2, 0.25) is 0 Å². The highest BCUT2D eigenvalue weighted by Gasteiger charge is 2.53. The molecule has 1 aliphatic heterocycles. The standard InChI is InChI=1S/C13H20BNO4S/c1-12(2)13(3,4)19-14(18-12)11-9(17-5)7-15-8-10(11)20(6)16/h7-8H,1-6H3. The summed E-state index contributed by atoms with van der Waals surface area (Å²) in [5.41, 5.74) is -0.265. The Hall–Kier alpha value is -0.915. The predicted molar refractivity (Wildman–Crippen MR) is 78.8 cm³/mol. The van der Waals surface area contributed by atoms with Crippen LogP contribution < -0.4 is 10.2 Å². The van der Waals surface area contributed by atoms with Crippen molar-refractivity contribution >= 4 is 23.4 Å². The van der Waals surface area contributed by atoms with Gasteiger partial charge in [-0.3, -0.25) is 9.19 Å². The number of nitrogens with zero attached hydrogens (tertiary/aromatic N) is 1. The fourth-order valence-corrected chi connectivity index (χ4v) is 2.73. The van der Waals surface area contributed by atoms with Gasteiger partial charge in [0.25, 0.3) is 0 Å². The average Bonchev–Trinajstić information content (AvgIpc) is 2.57. The maximum atomic E-state index is 11.9. The molecule has 7 heteroatoms. The van der Waals surface area contributed by atoms with Crippen LogP contribution in [0.3, 0.4) is 0 Å². The van der Waals surface area contributed by atoms with E-state index in [9.17, 15) is 4.21 Å². The van der Waals surface area contributed by atoms with Gasteiger partial charge in [0.15, 0.2) is 0 Å². The van der Waals surface area contributed by atoms with E-state index in [2.05, 4.69) is 4.98 Å². The summed E-state index contributed by atoms with van der Waals surface area (Å²) < 4.78 is 29.3. The molecule has 5 nitrogen and oxygen atoms in total. The van der Waals surface area contributed by atoms with Crippen LogP contribution in [-0.2, 0) is 20.1 Å². The van der Waals surface area contributed by atoms with E-state index in [1.807, 2.05) is 27.7 Å². The van der Waals surface area contributed by atoms with Crippen molar-refractivity contribution in [2.24, 2.45) is 0 Å². The molecule has 1 aromatic rings. The minimum Gasteiger partial charge on any atom is -0.495 e. The van der Waals surface area contributed by atoms with Crippen molar-refractivity contribution in [1.82, 2.24) is 4.98 Å². The van der Waals surface area contributed by atoms with Gasteiger partial charge < -0.3 is 14.0 Å². The monoisotopic (exact) mass is 297 g/mol. The smallest absolute Gasteiger partial charge is 0.495 e. The van der Waals surface area contributed by atoms with Crippen LogP contribution in [0.15, 0.2) is 17.3 Å². The van der Waals surface area contributed by atoms with Crippen LogP contribution in [0.4, 0.5) is 0 Å². The lowest BCUT2D eigenvalue weighted by Gasteiger charge is -2.32. The summed E-state index contributed by atoms with van der Waals surface area (Å²) in [5, 5.41) is 0. The van der Waals surface area contributed by atoms with Crippen LogP contribution in [-0.4, -0.2) is 40.9 Å². The Morgan fingerprint density at radius 1 is 1.20 bits per heavy atom. The summed E-state index contributed by atoms with van der Waals surface area (Å²) in [5.74, 6) is 0.524. The SMILES string of the molecule is COc1cncc(S(C)=O)c1B1OC(C)(C)C(C)(C)O1. The molecule has 0 aromatic carbocycles. The summed E-state index contributed by atoms with van der Waals surface area (Å²) in [7, 11) is -0.265. The zero-order valence-electron chi connectivity index (χ0n) is 12.7. The minimum atomic E-state index is -1.20. The molecule has 20 heavy (non-hydrogen) atoms. The minimum absolute atomic E-state index is 0.460. The van der Waals surface area contributed by atoms with Crippen molar-refractivity contribution in [3.63, 3.8) is 0 Å². The van der Waals surface area contributed by atoms with Gasteiger partial charge in [-0.1, -0.05) is 0 Å². The zero-order chi connectivity index (χ0) is 15.1. The molecule has 0 N–H and O–H groups in total. The fraction of sp³-hybridized carbons (Fsp3) is 0.615. The molecular weight excluding hydrogens is 277 g/mol. The molecular formula is C13H20BNO4S. The highest BCUT2D eigenvalue weighted by molar-refractivity contribution is 7.84. The van der Waals surface area contributed by atoms with Crippen LogP contribution in [0.25, 0.3) is 0 Å². The molecule has 1 atom stereocenters. The second-order valence-electron chi connectivity index (χ2n) is 5.80. The maximum Gasteiger partial charge on any atom is 0.500 e. The van der Waals surface area contributed by atoms with Crippen molar-refractivity contribution in [2.45, 2.75) is 43.8 Å². The lowest BCUT2D eigenvalue weighted by atomic mass is 9.79. The molecule has 2 rings (SSSR count). The van der Waals surface area contributed by atoms with Gasteiger partial charge in [0.05, 0.1) is 40.2 Å². The Balaban J connectivity index is 2.51. The molecule has 0 saturated carbocycles. The summed E-state index contributed by atoms with van der Waals surface area (Å²) in [6, 6.07) is 0. The Bertz CT molecular complexity index is 531. The van der Waals surface area contributed by atoms with E-state index < -0.39 is 29.1 Å². The van der Waals surface area contributed by atoms with Gasteiger partial charge in [-0.15, -0.1) is 0 Å². The third-order valence-electron chi connectivity index (χ3n) is 3.93. The Labute approximate surface area is 122 Å². The van der Waals surface area contributed by atoms with Crippen molar-refractivity contribution in [3.05, 3.63) is 12.4 Å². The second-order valence-corrected chi connectivity index (χ2v) is 7.14. The van der Waals surface area contributed by atoms with Crippen LogP contribution in [0.2, 0.25) is 0 Å². The van der Waals surface area contributed by atoms with Gasteiger partial charge >= 0.3 is 7.12 Å². The molecule has 0 spiro atoms. The van der Waals surface area contributed by atoms with Gasteiger partial charge in [0, 0.05) is 17.9 Å². The first-order valence-electron chi connectivity index (χ1n) is 6.40. The summed E-state index contributed by atoms with van der Waals surface area (Å²) in [4.78, 5) is 4.62. The number of methoxy groups -OCH3 is 1. The van der Waals surface area contributed by atoms with Crippen molar-refractivity contribution in [3.8, 4) is 5.75 Å². The van der Waals surface area contributed by atoms with Gasteiger partial charge in [-0.25, -0.2) is 0 Å². The highest BCUT2D eigenvalue weighted by Crippen LogP contribution is 2.37. The van der Waals surface area contributed by atoms with Crippen LogP contribution in [0.1, 0.15) is 27.7 Å². The number of pyridine rings is 1. The molecule has 1 aliphatic rings. The molecule has 0 radical (unpaired) electrons. The van der Waals surface area contributed by atoms with Crippen LogP contribution in [0.5, 0.6) is 5.75 Å². The van der Waals surface area contributed by atoms with E-state index in [4.69, 9.17) is 14.0 Å². The average molecular weight is 297 g/mol. The highest BCUT2D eigenvalue weighted by atomic mass is 32.2. The Kier molecular flexibility index (Phi) is 3.97. The molecule has 1 fully saturated rings. The third-order valence-corrected chi connectivity index (χ3v) is 4.88. The second kappa shape index (κ2) is 5.13. The Morgan fingerprint density at radius 3 is 2.20 bits per heavy atom. The predicted octanol–water partition coefficient (Wildman–Crippen LogP) is 1.13. The molecule has 110 valence electrons. The topological polar surface area (TPSA) is 57.7 Å². The van der Waals surface area contributed by atoms with Gasteiger partial charge in [-0.2, -0.15) is 0 Å². The largest absolute Gasteiger partial charge is 0.500 e. The molecule has 0 bridgehead atoms. The first kappa shape index (κ1) is 15.5. The third kappa shape index (κ3) is 2.50. The summed E-state index contributed by atoms with van der Waals surface area (Å²) in [6.07, 6.45) is 4.75. The summed E-state index contributed by atoms with van der Waals surface area (Å²) in [6.45, 7) is 7.90. The molecule has 2 heterocycles. The number of aromatic nitrogens is 1. The number of rotatable bonds is 3. The van der Waals surface area contributed by atoms with E-state index in [1.165, 1.54) is 0 Å². The van der Waals surface area contributed by atoms with Crippen molar-refractivity contribution < 1.29 is 18.3 Å². The van der Waals surface area contributed by atoms with E-state index >= 15 is 0 Å². The first-order valence-corrected chi connectivity index (χ1v) is 7.96. The van der Waals surface area contributed by atoms with Crippen LogP contribution in [0, 0.1) is 0 Å². The lowest BCUT2D eigenvalue weighted by Crippen LogP contribution is -2.41. The van der Waals surface area contributed by atoms with E-state index in [0.29, 0.717) is 16.1 Å². The van der Waals surface area contributed by atoms with E-state index in [1.54, 1.807) is 25.8 Å². The van der Waals surface area contributed by atoms with Crippen molar-refractivity contribution in [1.29, 1.82) is 0 Å². The van der Waals surface area contributed by atoms with Crippen LogP contribution >= 0.6 is 0 Å². The molecule has 0 aliphatic carbocycles. The van der Waals surface area contributed by atoms with E-state index in [0.717, 1.165) is 0 Å². The molecule has 1 unspecified atom stereocenters. The molecule has 1 aromatic heterocycles. The number of hydrogen-bond acceptors (Lipinski definition) is 5. The maximum absolute atomic E-state index is 11.9. The van der Waals surface area contributed by atoms with Gasteiger partial charge in [0.1, 0.15) is 5.75 Å². The Morgan fingerprint density at radius 2 is 1.75 bits per heavy atom. The lowest BCUT2D eigenvalue weighted by molar-refractivity contribution is 0.00578. The number of ether oxygens (including phenoxy) is 1. The quantitative estimate of drug-likeness (QED) is 0.783. The summed E-state index contributed by atoms with van der Waals surface area (Å²) >= 11 is 0.